The van der Waals surface area contributed by atoms with Crippen LogP contribution >= 0.6 is 0 Å². The lowest BCUT2D eigenvalue weighted by Gasteiger charge is -2.15. The third-order valence-electron chi connectivity index (χ3n) is 6.46. The fraction of sp³-hybridized carbons (Fsp3) is 0.364. The maximum absolute atomic E-state index is 12.4. The Labute approximate surface area is 183 Å². The molecule has 2 aromatic rings. The van der Waals surface area contributed by atoms with E-state index in [9.17, 15) is 25.0 Å². The molecule has 0 spiro atoms. The lowest BCUT2D eigenvalue weighted by atomic mass is 9.90. The summed E-state index contributed by atoms with van der Waals surface area (Å²) < 4.78 is 5.53. The van der Waals surface area contributed by atoms with E-state index in [0.717, 1.165) is 25.0 Å². The molecule has 0 radical (unpaired) electrons. The van der Waals surface area contributed by atoms with Gasteiger partial charge in [0, 0.05) is 12.0 Å². The molecule has 2 aromatic carbocycles. The quantitative estimate of drug-likeness (QED) is 0.382. The number of non-ortho nitro benzene ring substituents is 1. The van der Waals surface area contributed by atoms with E-state index in [-0.39, 0.29) is 23.0 Å². The second kappa shape index (κ2) is 8.37. The molecule has 3 atom stereocenters. The van der Waals surface area contributed by atoms with Gasteiger partial charge in [0.15, 0.2) is 0 Å². The van der Waals surface area contributed by atoms with Crippen LogP contribution < -0.4 is 10.2 Å². The standard InChI is InChI=1S/C22H22N4O6/c1-22-11-3-2-4-17(22)20(22)21(27)24-23-13-14-5-8-16(9-6-14)32-19-10-7-15(25(28)29)12-18(19)26(30)31/h5-10,12-13,17,20H,2-4,11H2,1H3,(H,24,27)/b23-13-/t17-,20+,22+/m0/s1. The Kier molecular flexibility index (Phi) is 5.60. The summed E-state index contributed by atoms with van der Waals surface area (Å²) in [4.78, 5) is 33.1. The highest BCUT2D eigenvalue weighted by Crippen LogP contribution is 2.66. The molecule has 10 nitrogen and oxygen atoms in total. The minimum atomic E-state index is -0.734. The van der Waals surface area contributed by atoms with Crippen LogP contribution in [-0.4, -0.2) is 22.0 Å². The van der Waals surface area contributed by atoms with Gasteiger partial charge in [0.05, 0.1) is 22.1 Å². The summed E-state index contributed by atoms with van der Waals surface area (Å²) >= 11 is 0. The highest BCUT2D eigenvalue weighted by molar-refractivity contribution is 5.86. The van der Waals surface area contributed by atoms with Crippen LogP contribution in [0.2, 0.25) is 0 Å². The molecular formula is C22H22N4O6. The van der Waals surface area contributed by atoms with Crippen molar-refractivity contribution in [3.05, 3.63) is 68.3 Å². The van der Waals surface area contributed by atoms with Crippen molar-refractivity contribution in [2.24, 2.45) is 22.4 Å². The first-order valence-electron chi connectivity index (χ1n) is 10.3. The molecule has 10 heteroatoms. The first-order valence-corrected chi connectivity index (χ1v) is 10.3. The van der Waals surface area contributed by atoms with Crippen LogP contribution in [0.1, 0.15) is 38.2 Å². The smallest absolute Gasteiger partial charge is 0.318 e. The summed E-state index contributed by atoms with van der Waals surface area (Å²) in [6.45, 7) is 2.18. The second-order valence-corrected chi connectivity index (χ2v) is 8.41. The Hall–Kier alpha value is -3.82. The zero-order valence-electron chi connectivity index (χ0n) is 17.4. The van der Waals surface area contributed by atoms with Crippen molar-refractivity contribution in [2.45, 2.75) is 32.6 Å². The van der Waals surface area contributed by atoms with E-state index >= 15 is 0 Å². The first-order chi connectivity index (χ1) is 15.3. The Morgan fingerprint density at radius 3 is 2.53 bits per heavy atom. The molecule has 1 amide bonds. The van der Waals surface area contributed by atoms with Gasteiger partial charge >= 0.3 is 5.69 Å². The number of carbonyl (C=O) groups is 1. The second-order valence-electron chi connectivity index (χ2n) is 8.41. The van der Waals surface area contributed by atoms with E-state index in [1.54, 1.807) is 24.3 Å². The van der Waals surface area contributed by atoms with E-state index in [2.05, 4.69) is 17.5 Å². The number of hydrogen-bond donors (Lipinski definition) is 1. The van der Waals surface area contributed by atoms with Crippen molar-refractivity contribution < 1.29 is 19.4 Å². The number of nitrogens with zero attached hydrogens (tertiary/aromatic N) is 3. The van der Waals surface area contributed by atoms with Gasteiger partial charge in [-0.05, 0) is 60.1 Å². The third kappa shape index (κ3) is 4.16. The molecule has 0 aliphatic heterocycles. The SMILES string of the molecule is C[C@@]12CCCC[C@H]1[C@@H]2C(=O)N/N=C\c1ccc(Oc2ccc([N+](=O)[O-])cc2[N+](=O)[O-])cc1. The van der Waals surface area contributed by atoms with E-state index in [1.807, 2.05) is 0 Å². The normalized spacial score (nSPS) is 23.9. The van der Waals surface area contributed by atoms with E-state index in [4.69, 9.17) is 4.74 Å². The zero-order chi connectivity index (χ0) is 22.9. The minimum Gasteiger partial charge on any atom is -0.450 e. The van der Waals surface area contributed by atoms with Crippen molar-refractivity contribution in [3.63, 3.8) is 0 Å². The summed E-state index contributed by atoms with van der Waals surface area (Å²) in [6, 6.07) is 9.73. The highest BCUT2D eigenvalue weighted by Gasteiger charge is 2.64. The van der Waals surface area contributed by atoms with Gasteiger partial charge in [-0.25, -0.2) is 5.43 Å². The summed E-state index contributed by atoms with van der Waals surface area (Å²) in [7, 11) is 0. The fourth-order valence-electron chi connectivity index (χ4n) is 4.69. The van der Waals surface area contributed by atoms with Crippen LogP contribution in [-0.2, 0) is 4.79 Å². The van der Waals surface area contributed by atoms with Gasteiger partial charge in [0.1, 0.15) is 5.75 Å². The number of hydrazone groups is 1. The molecule has 0 unspecified atom stereocenters. The Bertz CT molecular complexity index is 1100. The number of nitrogens with one attached hydrogen (secondary N) is 1. The van der Waals surface area contributed by atoms with E-state index < -0.39 is 21.2 Å². The van der Waals surface area contributed by atoms with Crippen molar-refractivity contribution in [3.8, 4) is 11.5 Å². The molecule has 0 heterocycles. The van der Waals surface area contributed by atoms with Crippen molar-refractivity contribution in [2.75, 3.05) is 0 Å². The monoisotopic (exact) mass is 438 g/mol. The maximum Gasteiger partial charge on any atom is 0.318 e. The summed E-state index contributed by atoms with van der Waals surface area (Å²) in [6.07, 6.45) is 6.08. The van der Waals surface area contributed by atoms with Crippen LogP contribution in [0.3, 0.4) is 0 Å². The van der Waals surface area contributed by atoms with E-state index in [0.29, 0.717) is 17.2 Å². The fourth-order valence-corrected chi connectivity index (χ4v) is 4.69. The summed E-state index contributed by atoms with van der Waals surface area (Å²) in [5.41, 5.74) is 2.57. The Morgan fingerprint density at radius 2 is 1.91 bits per heavy atom. The Morgan fingerprint density at radius 1 is 1.16 bits per heavy atom. The van der Waals surface area contributed by atoms with E-state index in [1.165, 1.54) is 25.1 Å². The minimum absolute atomic E-state index is 0.0374. The summed E-state index contributed by atoms with van der Waals surface area (Å²) in [5, 5.41) is 26.1. The van der Waals surface area contributed by atoms with Crippen LogP contribution in [0.5, 0.6) is 11.5 Å². The highest BCUT2D eigenvalue weighted by atomic mass is 16.6. The number of carbonyl (C=O) groups excluding carboxylic acids is 1. The predicted molar refractivity (Wildman–Crippen MR) is 116 cm³/mol. The number of rotatable bonds is 7. The molecule has 32 heavy (non-hydrogen) atoms. The average Bonchev–Trinajstić information content (AvgIpc) is 3.40. The number of hydrogen-bond acceptors (Lipinski definition) is 7. The van der Waals surface area contributed by atoms with Gasteiger partial charge in [0.2, 0.25) is 11.7 Å². The molecule has 1 N–H and O–H groups in total. The molecule has 2 saturated carbocycles. The topological polar surface area (TPSA) is 137 Å². The number of amides is 1. The molecule has 166 valence electrons. The molecule has 2 fully saturated rings. The van der Waals surface area contributed by atoms with Crippen molar-refractivity contribution in [1.29, 1.82) is 0 Å². The van der Waals surface area contributed by atoms with Gasteiger partial charge in [-0.1, -0.05) is 19.8 Å². The lowest BCUT2D eigenvalue weighted by Crippen LogP contribution is -2.22. The number of nitro groups is 2. The third-order valence-corrected chi connectivity index (χ3v) is 6.46. The molecule has 0 aromatic heterocycles. The van der Waals surface area contributed by atoms with Crippen LogP contribution in [0.4, 0.5) is 11.4 Å². The van der Waals surface area contributed by atoms with Gasteiger partial charge in [-0.15, -0.1) is 0 Å². The molecule has 2 aliphatic rings. The molecule has 0 saturated heterocycles. The lowest BCUT2D eigenvalue weighted by molar-refractivity contribution is -0.394. The predicted octanol–water partition coefficient (Wildman–Crippen LogP) is 4.57. The number of nitro benzene ring substituents is 2. The molecule has 4 rings (SSSR count). The largest absolute Gasteiger partial charge is 0.450 e. The average molecular weight is 438 g/mol. The maximum atomic E-state index is 12.4. The molecule has 2 aliphatic carbocycles. The number of fused-ring (bicyclic) bond motifs is 1. The van der Waals surface area contributed by atoms with Gasteiger partial charge in [0.25, 0.3) is 5.69 Å². The first kappa shape index (κ1) is 21.4. The van der Waals surface area contributed by atoms with Crippen LogP contribution in [0, 0.1) is 37.5 Å². The van der Waals surface area contributed by atoms with Crippen LogP contribution in [0.25, 0.3) is 0 Å². The van der Waals surface area contributed by atoms with Crippen LogP contribution in [0.15, 0.2) is 47.6 Å². The van der Waals surface area contributed by atoms with Crippen molar-refractivity contribution in [1.82, 2.24) is 5.43 Å². The summed E-state index contributed by atoms with van der Waals surface area (Å²) in [5.74, 6) is 0.676. The zero-order valence-corrected chi connectivity index (χ0v) is 17.4. The van der Waals surface area contributed by atoms with Gasteiger partial charge < -0.3 is 4.74 Å². The number of ether oxygens (including phenoxy) is 1. The number of benzene rings is 2. The molecule has 0 bridgehead atoms. The molecular weight excluding hydrogens is 416 g/mol. The van der Waals surface area contributed by atoms with Gasteiger partial charge in [-0.2, -0.15) is 5.10 Å². The van der Waals surface area contributed by atoms with Crippen molar-refractivity contribution >= 4 is 23.5 Å². The Balaban J connectivity index is 1.37. The van der Waals surface area contributed by atoms with Gasteiger partial charge in [-0.3, -0.25) is 25.0 Å².